The molecule has 192 valence electrons. The Morgan fingerprint density at radius 3 is 2.29 bits per heavy atom. The molecule has 0 aliphatic carbocycles. The molecule has 2 amide bonds. The van der Waals surface area contributed by atoms with E-state index in [9.17, 15) is 4.79 Å². The number of likely N-dealkylation sites (N-methyl/N-ethyl adjacent to an activating group) is 1. The Labute approximate surface area is 207 Å². The van der Waals surface area contributed by atoms with E-state index in [0.717, 1.165) is 41.9 Å². The third-order valence-corrected chi connectivity index (χ3v) is 5.56. The Kier molecular flexibility index (Phi) is 14.1. The summed E-state index contributed by atoms with van der Waals surface area (Å²) in [5.74, 6) is 1.25. The third kappa shape index (κ3) is 6.88. The normalized spacial score (nSPS) is 17.1. The van der Waals surface area contributed by atoms with E-state index in [-0.39, 0.29) is 14.4 Å². The first-order valence-corrected chi connectivity index (χ1v) is 11.7. The Hall–Kier alpha value is -3.23. The van der Waals surface area contributed by atoms with Crippen LogP contribution in [0.25, 0.3) is 11.4 Å². The number of anilines is 2. The van der Waals surface area contributed by atoms with Crippen LogP contribution >= 0.6 is 0 Å². The third-order valence-electron chi connectivity index (χ3n) is 5.56. The zero-order valence-electron chi connectivity index (χ0n) is 21.2. The SMILES string of the molecule is C=C.C=C.CC.CCNC(=O)Nc1ccc(-c2nc(N)c3c(n2)CC2CCC3N2CC)cc1.O.[HH].[HH]. The Morgan fingerprint density at radius 1 is 1.12 bits per heavy atom. The number of nitrogen functional groups attached to an aromatic ring is 1. The van der Waals surface area contributed by atoms with Gasteiger partial charge in [-0.15, -0.1) is 26.3 Å². The molecular weight excluding hydrogens is 428 g/mol. The minimum absolute atomic E-state index is 0. The molecule has 2 bridgehead atoms. The number of benzene rings is 1. The first-order valence-electron chi connectivity index (χ1n) is 11.7. The van der Waals surface area contributed by atoms with Crippen molar-refractivity contribution in [2.24, 2.45) is 0 Å². The number of fused-ring (bicyclic) bond motifs is 4. The Balaban J connectivity index is -0.00000113. The van der Waals surface area contributed by atoms with E-state index < -0.39 is 0 Å². The molecule has 2 aliphatic rings. The lowest BCUT2D eigenvalue weighted by molar-refractivity contribution is 0.186. The summed E-state index contributed by atoms with van der Waals surface area (Å²) in [6, 6.07) is 8.25. The molecule has 1 aromatic carbocycles. The number of amides is 2. The van der Waals surface area contributed by atoms with Crippen LogP contribution in [0.15, 0.2) is 50.6 Å². The maximum Gasteiger partial charge on any atom is 0.319 e. The van der Waals surface area contributed by atoms with E-state index >= 15 is 0 Å². The molecule has 2 aliphatic heterocycles. The van der Waals surface area contributed by atoms with Crippen LogP contribution in [0.2, 0.25) is 0 Å². The van der Waals surface area contributed by atoms with E-state index in [0.29, 0.717) is 30.3 Å². The van der Waals surface area contributed by atoms with Gasteiger partial charge in [0.15, 0.2) is 5.82 Å². The summed E-state index contributed by atoms with van der Waals surface area (Å²) < 4.78 is 0. The van der Waals surface area contributed by atoms with Crippen molar-refractivity contribution in [3.05, 3.63) is 61.8 Å². The molecule has 1 fully saturated rings. The van der Waals surface area contributed by atoms with Crippen molar-refractivity contribution < 1.29 is 13.1 Å². The standard InChI is InChI=1S/C20H26N6O.C2H6.2C2H4.H2O.2H2/c1-3-22-20(27)23-13-7-5-12(6-8-13)19-24-15-11-14-9-10-16(26(14)4-2)17(15)18(21)25-19;3*1-2;;;/h5-8,14,16H,3-4,9-11H2,1-2H3,(H2,21,24,25)(H2,22,23,27);1-2H3;2*1-2H2;1H2;2*1H. The lowest BCUT2D eigenvalue weighted by Crippen LogP contribution is -2.38. The summed E-state index contributed by atoms with van der Waals surface area (Å²) in [6.45, 7) is 21.7. The number of hydrogen-bond acceptors (Lipinski definition) is 5. The fourth-order valence-electron chi connectivity index (χ4n) is 4.39. The van der Waals surface area contributed by atoms with Gasteiger partial charge >= 0.3 is 6.03 Å². The Bertz CT molecular complexity index is 897. The van der Waals surface area contributed by atoms with E-state index in [1.165, 1.54) is 6.42 Å². The van der Waals surface area contributed by atoms with Crippen LogP contribution in [0.1, 0.15) is 60.7 Å². The predicted molar refractivity (Wildman–Crippen MR) is 148 cm³/mol. The van der Waals surface area contributed by atoms with Gasteiger partial charge in [-0.05, 0) is 50.6 Å². The fourth-order valence-corrected chi connectivity index (χ4v) is 4.39. The molecule has 0 radical (unpaired) electrons. The topological polar surface area (TPSA) is 128 Å². The lowest BCUT2D eigenvalue weighted by atomic mass is 9.98. The molecule has 2 atom stereocenters. The highest BCUT2D eigenvalue weighted by atomic mass is 16.2. The van der Waals surface area contributed by atoms with Crippen molar-refractivity contribution in [3.63, 3.8) is 0 Å². The number of carbonyl (C=O) groups excluding carboxylic acids is 1. The number of hydrogen-bond donors (Lipinski definition) is 3. The van der Waals surface area contributed by atoms with Crippen molar-refractivity contribution in [1.82, 2.24) is 20.2 Å². The quantitative estimate of drug-likeness (QED) is 0.522. The molecule has 3 heterocycles. The molecule has 1 saturated heterocycles. The van der Waals surface area contributed by atoms with Gasteiger partial charge in [-0.1, -0.05) is 20.8 Å². The van der Waals surface area contributed by atoms with Crippen LogP contribution < -0.4 is 16.4 Å². The summed E-state index contributed by atoms with van der Waals surface area (Å²) in [6.07, 6.45) is 3.28. The van der Waals surface area contributed by atoms with Gasteiger partial charge in [0, 0.05) is 44.7 Å². The van der Waals surface area contributed by atoms with Crippen molar-refractivity contribution in [3.8, 4) is 11.4 Å². The molecule has 2 aromatic rings. The molecule has 1 aromatic heterocycles. The zero-order valence-corrected chi connectivity index (χ0v) is 21.2. The van der Waals surface area contributed by atoms with Gasteiger partial charge in [0.05, 0.1) is 5.69 Å². The van der Waals surface area contributed by atoms with E-state index in [1.807, 2.05) is 45.0 Å². The Morgan fingerprint density at radius 2 is 1.74 bits per heavy atom. The molecule has 8 nitrogen and oxygen atoms in total. The van der Waals surface area contributed by atoms with Gasteiger partial charge in [0.2, 0.25) is 0 Å². The predicted octanol–water partition coefficient (Wildman–Crippen LogP) is 5.25. The molecule has 4 rings (SSSR count). The van der Waals surface area contributed by atoms with Crippen molar-refractivity contribution in [2.75, 3.05) is 24.1 Å². The summed E-state index contributed by atoms with van der Waals surface area (Å²) in [5.41, 5.74) is 10.2. The van der Waals surface area contributed by atoms with E-state index in [2.05, 4.69) is 53.8 Å². The number of aromatic nitrogens is 2. The van der Waals surface area contributed by atoms with Gasteiger partial charge < -0.3 is 21.8 Å². The summed E-state index contributed by atoms with van der Waals surface area (Å²) in [4.78, 5) is 23.6. The van der Waals surface area contributed by atoms with Crippen molar-refractivity contribution in [1.29, 1.82) is 0 Å². The first-order chi connectivity index (χ1) is 16.1. The summed E-state index contributed by atoms with van der Waals surface area (Å²) in [5, 5.41) is 5.50. The summed E-state index contributed by atoms with van der Waals surface area (Å²) in [7, 11) is 0. The number of nitrogens with zero attached hydrogens (tertiary/aromatic N) is 3. The monoisotopic (exact) mass is 474 g/mol. The van der Waals surface area contributed by atoms with Crippen LogP contribution in [-0.4, -0.2) is 45.5 Å². The second-order valence-corrected chi connectivity index (χ2v) is 7.14. The van der Waals surface area contributed by atoms with Crippen molar-refractivity contribution >= 4 is 17.5 Å². The average molecular weight is 475 g/mol. The molecule has 34 heavy (non-hydrogen) atoms. The van der Waals surface area contributed by atoms with Gasteiger partial charge in [-0.3, -0.25) is 4.90 Å². The number of nitrogens with two attached hydrogens (primary N) is 1. The highest BCUT2D eigenvalue weighted by Gasteiger charge is 2.41. The number of carbonyl (C=O) groups is 1. The van der Waals surface area contributed by atoms with Gasteiger partial charge in [-0.2, -0.15) is 0 Å². The zero-order chi connectivity index (χ0) is 25.0. The van der Waals surface area contributed by atoms with Crippen molar-refractivity contribution in [2.45, 2.75) is 59.0 Å². The van der Waals surface area contributed by atoms with Gasteiger partial charge in [0.1, 0.15) is 5.82 Å². The highest BCUT2D eigenvalue weighted by Crippen LogP contribution is 2.45. The van der Waals surface area contributed by atoms with Crippen LogP contribution in [0.3, 0.4) is 0 Å². The minimum atomic E-state index is -0.213. The maximum atomic E-state index is 11.6. The van der Waals surface area contributed by atoms with E-state index in [4.69, 9.17) is 10.7 Å². The minimum Gasteiger partial charge on any atom is -0.412 e. The smallest absolute Gasteiger partial charge is 0.319 e. The molecule has 0 saturated carbocycles. The largest absolute Gasteiger partial charge is 0.412 e. The molecule has 2 unspecified atom stereocenters. The number of urea groups is 1. The first kappa shape index (κ1) is 30.8. The van der Waals surface area contributed by atoms with Gasteiger partial charge in [-0.25, -0.2) is 14.8 Å². The molecule has 0 spiro atoms. The van der Waals surface area contributed by atoms with Crippen LogP contribution in [0, 0.1) is 0 Å². The lowest BCUT2D eigenvalue weighted by Gasteiger charge is -2.35. The molecular formula is C26H46N6O2. The average Bonchev–Trinajstić information content (AvgIpc) is 3.15. The van der Waals surface area contributed by atoms with E-state index in [1.54, 1.807) is 0 Å². The highest BCUT2D eigenvalue weighted by molar-refractivity contribution is 5.89. The second kappa shape index (κ2) is 15.6. The van der Waals surface area contributed by atoms with Crippen LogP contribution in [0.5, 0.6) is 0 Å². The second-order valence-electron chi connectivity index (χ2n) is 7.14. The van der Waals surface area contributed by atoms with Crippen LogP contribution in [-0.2, 0) is 6.42 Å². The molecule has 6 N–H and O–H groups in total. The van der Waals surface area contributed by atoms with Gasteiger partial charge in [0.25, 0.3) is 0 Å². The fraction of sp³-hybridized carbons (Fsp3) is 0.423. The summed E-state index contributed by atoms with van der Waals surface area (Å²) >= 11 is 0. The molecule has 8 heteroatoms. The maximum absolute atomic E-state index is 11.6. The number of nitrogens with one attached hydrogen (secondary N) is 2. The number of rotatable bonds is 4. The van der Waals surface area contributed by atoms with Crippen LogP contribution in [0.4, 0.5) is 16.3 Å².